The molecule has 0 amide bonds. The maximum atomic E-state index is 13.3. The summed E-state index contributed by atoms with van der Waals surface area (Å²) in [5.74, 6) is -3.19. The smallest absolute Gasteiger partial charge is 0.274 e. The molecule has 5 heteroatoms. The van der Waals surface area contributed by atoms with Gasteiger partial charge < -0.3 is 10.1 Å². The van der Waals surface area contributed by atoms with E-state index in [1.165, 1.54) is 25.3 Å². The molecule has 0 radical (unpaired) electrons. The molecule has 1 aromatic rings. The van der Waals surface area contributed by atoms with E-state index in [0.29, 0.717) is 0 Å². The van der Waals surface area contributed by atoms with Crippen LogP contribution in [-0.2, 0) is 5.92 Å². The van der Waals surface area contributed by atoms with Crippen LogP contribution in [0.2, 0.25) is 0 Å². The lowest BCUT2D eigenvalue weighted by molar-refractivity contribution is 0.0150. The van der Waals surface area contributed by atoms with Crippen molar-refractivity contribution in [1.82, 2.24) is 5.32 Å². The molecule has 1 rings (SSSR count). The monoisotopic (exact) mass is 243 g/mol. The van der Waals surface area contributed by atoms with Gasteiger partial charge in [-0.15, -0.1) is 0 Å². The minimum Gasteiger partial charge on any atom is -0.496 e. The molecule has 0 saturated heterocycles. The summed E-state index contributed by atoms with van der Waals surface area (Å²) < 4.78 is 31.5. The van der Waals surface area contributed by atoms with E-state index < -0.39 is 5.92 Å². The van der Waals surface area contributed by atoms with E-state index in [0.717, 1.165) is 6.92 Å². The van der Waals surface area contributed by atoms with Crippen molar-refractivity contribution < 1.29 is 18.3 Å². The van der Waals surface area contributed by atoms with E-state index in [1.807, 2.05) is 0 Å². The molecule has 0 heterocycles. The molecule has 0 fully saturated rings. The first kappa shape index (κ1) is 13.6. The van der Waals surface area contributed by atoms with Crippen molar-refractivity contribution in [3.63, 3.8) is 0 Å². The number of methoxy groups -OCH3 is 1. The summed E-state index contributed by atoms with van der Waals surface area (Å²) in [5.41, 5.74) is -0.0290. The number of carbonyl (C=O) groups excluding carboxylic acids is 1. The van der Waals surface area contributed by atoms with Crippen LogP contribution in [0.4, 0.5) is 8.78 Å². The number of nitrogens with one attached hydrogen (secondary N) is 1. The molecule has 1 aromatic carbocycles. The van der Waals surface area contributed by atoms with Crippen LogP contribution in [0.5, 0.6) is 5.75 Å². The molecule has 0 aliphatic heterocycles. The molecule has 0 atom stereocenters. The van der Waals surface area contributed by atoms with Crippen LogP contribution >= 0.6 is 0 Å². The number of likely N-dealkylation sites (N-methyl/N-ethyl adjacent to an activating group) is 1. The second kappa shape index (κ2) is 5.23. The lowest BCUT2D eigenvalue weighted by Gasteiger charge is -2.15. The van der Waals surface area contributed by atoms with Gasteiger partial charge >= 0.3 is 0 Å². The highest BCUT2D eigenvalue weighted by Gasteiger charge is 2.29. The fourth-order valence-electron chi connectivity index (χ4n) is 1.49. The van der Waals surface area contributed by atoms with Crippen LogP contribution in [0.15, 0.2) is 18.2 Å². The van der Waals surface area contributed by atoms with E-state index in [1.54, 1.807) is 7.05 Å². The summed E-state index contributed by atoms with van der Waals surface area (Å²) >= 11 is 0. The van der Waals surface area contributed by atoms with Crippen molar-refractivity contribution in [3.05, 3.63) is 29.3 Å². The Morgan fingerprint density at radius 2 is 2.12 bits per heavy atom. The number of hydrogen-bond acceptors (Lipinski definition) is 3. The van der Waals surface area contributed by atoms with Gasteiger partial charge in [0.1, 0.15) is 5.75 Å². The van der Waals surface area contributed by atoms with E-state index in [4.69, 9.17) is 4.74 Å². The highest BCUT2D eigenvalue weighted by atomic mass is 19.3. The number of ketones is 1. The Hall–Kier alpha value is -1.49. The van der Waals surface area contributed by atoms with Crippen LogP contribution < -0.4 is 10.1 Å². The molecular weight excluding hydrogens is 228 g/mol. The number of ether oxygens (including phenoxy) is 1. The van der Waals surface area contributed by atoms with Crippen LogP contribution in [0.25, 0.3) is 0 Å². The minimum absolute atomic E-state index is 0.0820. The highest BCUT2D eigenvalue weighted by molar-refractivity contribution is 5.98. The quantitative estimate of drug-likeness (QED) is 0.806. The molecule has 0 aliphatic rings. The lowest BCUT2D eigenvalue weighted by atomic mass is 10.0. The van der Waals surface area contributed by atoms with Crippen molar-refractivity contribution >= 4 is 5.78 Å². The Balaban J connectivity index is 3.18. The van der Waals surface area contributed by atoms with Gasteiger partial charge in [0, 0.05) is 12.5 Å². The van der Waals surface area contributed by atoms with E-state index in [-0.39, 0.29) is 29.2 Å². The number of Topliss-reactive ketones (excluding diaryl/α,β-unsaturated/α-hetero) is 1. The predicted octanol–water partition coefficient (Wildman–Crippen LogP) is 2.21. The summed E-state index contributed by atoms with van der Waals surface area (Å²) in [6.07, 6.45) is 0. The molecule has 0 aromatic heterocycles. The Bertz CT molecular complexity index is 413. The SMILES string of the molecule is CNCC(=O)c1ccc(OC)c(C(C)(F)F)c1. The third-order valence-corrected chi connectivity index (χ3v) is 2.33. The Morgan fingerprint density at radius 1 is 1.47 bits per heavy atom. The molecule has 0 saturated carbocycles. The first-order chi connectivity index (χ1) is 7.90. The van der Waals surface area contributed by atoms with Gasteiger partial charge in [-0.25, -0.2) is 8.78 Å². The van der Waals surface area contributed by atoms with Gasteiger partial charge in [-0.2, -0.15) is 0 Å². The molecule has 1 N–H and O–H groups in total. The van der Waals surface area contributed by atoms with Gasteiger partial charge in [-0.3, -0.25) is 4.79 Å². The molecule has 0 unspecified atom stereocenters. The van der Waals surface area contributed by atoms with Crippen molar-refractivity contribution in [2.75, 3.05) is 20.7 Å². The topological polar surface area (TPSA) is 38.3 Å². The molecule has 94 valence electrons. The second-order valence-corrected chi connectivity index (χ2v) is 3.76. The number of rotatable bonds is 5. The molecule has 17 heavy (non-hydrogen) atoms. The van der Waals surface area contributed by atoms with Crippen LogP contribution in [0.1, 0.15) is 22.8 Å². The summed E-state index contributed by atoms with van der Waals surface area (Å²) in [5, 5.41) is 2.68. The number of carbonyl (C=O) groups is 1. The van der Waals surface area contributed by atoms with Crippen LogP contribution in [0.3, 0.4) is 0 Å². The Labute approximate surface area is 98.8 Å². The maximum Gasteiger partial charge on any atom is 0.274 e. The number of alkyl halides is 2. The lowest BCUT2D eigenvalue weighted by Crippen LogP contribution is -2.19. The average molecular weight is 243 g/mol. The first-order valence-corrected chi connectivity index (χ1v) is 5.14. The zero-order valence-electron chi connectivity index (χ0n) is 10.0. The molecule has 0 spiro atoms. The third kappa shape index (κ3) is 3.23. The molecule has 3 nitrogen and oxygen atoms in total. The second-order valence-electron chi connectivity index (χ2n) is 3.76. The third-order valence-electron chi connectivity index (χ3n) is 2.33. The van der Waals surface area contributed by atoms with Crippen molar-refractivity contribution in [2.45, 2.75) is 12.8 Å². The van der Waals surface area contributed by atoms with Gasteiger partial charge in [0.25, 0.3) is 5.92 Å². The van der Waals surface area contributed by atoms with E-state index in [2.05, 4.69) is 5.32 Å². The zero-order chi connectivity index (χ0) is 13.1. The molecular formula is C12H15F2NO2. The fraction of sp³-hybridized carbons (Fsp3) is 0.417. The summed E-state index contributed by atoms with van der Waals surface area (Å²) in [7, 11) is 2.94. The summed E-state index contributed by atoms with van der Waals surface area (Å²) in [6, 6.07) is 4.04. The Kier molecular flexibility index (Phi) is 4.17. The van der Waals surface area contributed by atoms with Crippen molar-refractivity contribution in [2.24, 2.45) is 0 Å². The van der Waals surface area contributed by atoms with Crippen LogP contribution in [-0.4, -0.2) is 26.5 Å². The van der Waals surface area contributed by atoms with Gasteiger partial charge in [0.2, 0.25) is 0 Å². The Morgan fingerprint density at radius 3 is 2.59 bits per heavy atom. The largest absolute Gasteiger partial charge is 0.496 e. The number of hydrogen-bond donors (Lipinski definition) is 1. The van der Waals surface area contributed by atoms with Gasteiger partial charge in [-0.1, -0.05) is 0 Å². The highest BCUT2D eigenvalue weighted by Crippen LogP contribution is 2.35. The molecule has 0 aliphatic carbocycles. The predicted molar refractivity (Wildman–Crippen MR) is 60.8 cm³/mol. The van der Waals surface area contributed by atoms with Gasteiger partial charge in [-0.05, 0) is 25.2 Å². The number of benzene rings is 1. The van der Waals surface area contributed by atoms with Crippen molar-refractivity contribution in [3.8, 4) is 5.75 Å². The summed E-state index contributed by atoms with van der Waals surface area (Å²) in [4.78, 5) is 11.6. The first-order valence-electron chi connectivity index (χ1n) is 5.14. The van der Waals surface area contributed by atoms with Gasteiger partial charge in [0.15, 0.2) is 5.78 Å². The van der Waals surface area contributed by atoms with Crippen molar-refractivity contribution in [1.29, 1.82) is 0 Å². The molecule has 0 bridgehead atoms. The zero-order valence-corrected chi connectivity index (χ0v) is 10.0. The minimum atomic E-state index is -3.04. The summed E-state index contributed by atoms with van der Waals surface area (Å²) in [6.45, 7) is 0.887. The fourth-order valence-corrected chi connectivity index (χ4v) is 1.49. The standard InChI is InChI=1S/C12H15F2NO2/c1-12(13,14)9-6-8(10(16)7-15-2)4-5-11(9)17-3/h4-6,15H,7H2,1-3H3. The number of halogens is 2. The normalized spacial score (nSPS) is 11.4. The van der Waals surface area contributed by atoms with E-state index in [9.17, 15) is 13.6 Å². The van der Waals surface area contributed by atoms with Crippen LogP contribution in [0, 0.1) is 0 Å². The van der Waals surface area contributed by atoms with E-state index >= 15 is 0 Å². The average Bonchev–Trinajstić information content (AvgIpc) is 2.27. The maximum absolute atomic E-state index is 13.3. The van der Waals surface area contributed by atoms with Gasteiger partial charge in [0.05, 0.1) is 19.2 Å².